The number of hydrogen-bond acceptors (Lipinski definition) is 6. The van der Waals surface area contributed by atoms with Gasteiger partial charge in [0.1, 0.15) is 4.32 Å². The maximum Gasteiger partial charge on any atom is 0.305 e. The predicted molar refractivity (Wildman–Crippen MR) is 99.3 cm³/mol. The Morgan fingerprint density at radius 2 is 2.22 bits per heavy atom. The van der Waals surface area contributed by atoms with Gasteiger partial charge in [0, 0.05) is 17.8 Å². The molecule has 1 amide bonds. The standard InChI is InChI=1S/C16H19NO3S3/c1-2-20-14(18)8-4-3-5-9-17-15(19)13(23-16(17)21)11-12-7-6-10-22-12/h6-7,10-11H,2-5,8-9H2,1H3/b13-11+. The molecule has 1 aromatic heterocycles. The molecule has 1 saturated heterocycles. The monoisotopic (exact) mass is 369 g/mol. The number of amides is 1. The van der Waals surface area contributed by atoms with E-state index in [4.69, 9.17) is 17.0 Å². The Hall–Kier alpha value is -1.18. The maximum absolute atomic E-state index is 12.4. The average molecular weight is 370 g/mol. The second kappa shape index (κ2) is 9.20. The van der Waals surface area contributed by atoms with Gasteiger partial charge in [0.25, 0.3) is 5.91 Å². The number of ether oxygens (including phenoxy) is 1. The van der Waals surface area contributed by atoms with Gasteiger partial charge in [-0.05, 0) is 37.3 Å². The van der Waals surface area contributed by atoms with Crippen molar-refractivity contribution >= 4 is 57.6 Å². The molecule has 0 saturated carbocycles. The molecule has 1 aliphatic rings. The lowest BCUT2D eigenvalue weighted by molar-refractivity contribution is -0.143. The summed E-state index contributed by atoms with van der Waals surface area (Å²) in [5.74, 6) is -0.171. The third-order valence-corrected chi connectivity index (χ3v) is 5.46. The number of rotatable bonds is 8. The minimum absolute atomic E-state index is 0.0150. The van der Waals surface area contributed by atoms with Gasteiger partial charge in [-0.15, -0.1) is 11.3 Å². The molecule has 1 fully saturated rings. The zero-order chi connectivity index (χ0) is 16.7. The topological polar surface area (TPSA) is 46.6 Å². The summed E-state index contributed by atoms with van der Waals surface area (Å²) in [6.07, 6.45) is 4.81. The van der Waals surface area contributed by atoms with E-state index in [0.717, 1.165) is 24.1 Å². The highest BCUT2D eigenvalue weighted by molar-refractivity contribution is 8.26. The van der Waals surface area contributed by atoms with Crippen molar-refractivity contribution in [2.75, 3.05) is 13.2 Å². The third kappa shape index (κ3) is 5.44. The van der Waals surface area contributed by atoms with E-state index in [2.05, 4.69) is 0 Å². The van der Waals surface area contributed by atoms with Crippen molar-refractivity contribution in [3.8, 4) is 0 Å². The molecule has 0 spiro atoms. The summed E-state index contributed by atoms with van der Waals surface area (Å²) in [5, 5.41) is 1.98. The highest BCUT2D eigenvalue weighted by Gasteiger charge is 2.31. The Labute approximate surface area is 149 Å². The fourth-order valence-corrected chi connectivity index (χ4v) is 4.18. The van der Waals surface area contributed by atoms with Gasteiger partial charge in [-0.3, -0.25) is 14.5 Å². The van der Waals surface area contributed by atoms with Crippen LogP contribution in [0.2, 0.25) is 0 Å². The SMILES string of the molecule is CCOC(=O)CCCCCN1C(=O)/C(=C\c2cccs2)SC1=S. The molecule has 0 N–H and O–H groups in total. The van der Waals surface area contributed by atoms with E-state index >= 15 is 0 Å². The summed E-state index contributed by atoms with van der Waals surface area (Å²) in [6.45, 7) is 2.83. The van der Waals surface area contributed by atoms with Crippen LogP contribution in [0.1, 0.15) is 37.5 Å². The van der Waals surface area contributed by atoms with Crippen LogP contribution in [0, 0.1) is 0 Å². The largest absolute Gasteiger partial charge is 0.466 e. The first-order valence-corrected chi connectivity index (χ1v) is 9.66. The molecule has 0 bridgehead atoms. The summed E-state index contributed by atoms with van der Waals surface area (Å²) in [6, 6.07) is 3.94. The third-order valence-electron chi connectivity index (χ3n) is 3.26. The Morgan fingerprint density at radius 1 is 1.39 bits per heavy atom. The smallest absolute Gasteiger partial charge is 0.305 e. The molecule has 4 nitrogen and oxygen atoms in total. The first-order chi connectivity index (χ1) is 11.1. The van der Waals surface area contributed by atoms with E-state index in [9.17, 15) is 9.59 Å². The molecule has 124 valence electrons. The predicted octanol–water partition coefficient (Wildman–Crippen LogP) is 4.07. The van der Waals surface area contributed by atoms with Crippen LogP contribution in [0.5, 0.6) is 0 Å². The summed E-state index contributed by atoms with van der Waals surface area (Å²) >= 11 is 8.26. The van der Waals surface area contributed by atoms with Gasteiger partial charge < -0.3 is 4.74 Å². The van der Waals surface area contributed by atoms with E-state index in [1.807, 2.05) is 23.6 Å². The van der Waals surface area contributed by atoms with Gasteiger partial charge in [-0.2, -0.15) is 0 Å². The lowest BCUT2D eigenvalue weighted by Gasteiger charge is -2.13. The van der Waals surface area contributed by atoms with Gasteiger partial charge in [-0.1, -0.05) is 36.5 Å². The van der Waals surface area contributed by atoms with Crippen LogP contribution in [-0.4, -0.2) is 34.2 Å². The van der Waals surface area contributed by atoms with Crippen molar-refractivity contribution in [2.24, 2.45) is 0 Å². The van der Waals surface area contributed by atoms with Gasteiger partial charge in [0.15, 0.2) is 0 Å². The summed E-state index contributed by atoms with van der Waals surface area (Å²) in [4.78, 5) is 27.0. The molecule has 0 radical (unpaired) electrons. The summed E-state index contributed by atoms with van der Waals surface area (Å²) in [5.41, 5.74) is 0. The second-order valence-electron chi connectivity index (χ2n) is 4.96. The highest BCUT2D eigenvalue weighted by Crippen LogP contribution is 2.33. The fraction of sp³-hybridized carbons (Fsp3) is 0.438. The molecule has 2 rings (SSSR count). The van der Waals surface area contributed by atoms with Crippen LogP contribution in [-0.2, 0) is 14.3 Å². The Kier molecular flexibility index (Phi) is 7.26. The maximum atomic E-state index is 12.4. The zero-order valence-electron chi connectivity index (χ0n) is 12.9. The number of thiocarbonyl (C=S) groups is 1. The van der Waals surface area contributed by atoms with E-state index in [1.54, 1.807) is 23.2 Å². The summed E-state index contributed by atoms with van der Waals surface area (Å²) < 4.78 is 5.50. The van der Waals surface area contributed by atoms with Crippen LogP contribution in [0.4, 0.5) is 0 Å². The van der Waals surface area contributed by atoms with Gasteiger partial charge in [0.05, 0.1) is 11.5 Å². The molecule has 0 atom stereocenters. The minimum Gasteiger partial charge on any atom is -0.466 e. The number of esters is 1. The molecule has 23 heavy (non-hydrogen) atoms. The zero-order valence-corrected chi connectivity index (χ0v) is 15.4. The Morgan fingerprint density at radius 3 is 2.91 bits per heavy atom. The average Bonchev–Trinajstić information content (AvgIpc) is 3.11. The first-order valence-electron chi connectivity index (χ1n) is 7.56. The number of thioether (sulfide) groups is 1. The van der Waals surface area contributed by atoms with Crippen LogP contribution < -0.4 is 0 Å². The van der Waals surface area contributed by atoms with Crippen molar-refractivity contribution in [1.82, 2.24) is 4.90 Å². The van der Waals surface area contributed by atoms with Crippen molar-refractivity contribution in [3.63, 3.8) is 0 Å². The molecule has 7 heteroatoms. The van der Waals surface area contributed by atoms with Crippen molar-refractivity contribution < 1.29 is 14.3 Å². The van der Waals surface area contributed by atoms with E-state index in [0.29, 0.717) is 28.8 Å². The van der Waals surface area contributed by atoms with E-state index < -0.39 is 0 Å². The molecule has 1 aliphatic heterocycles. The van der Waals surface area contributed by atoms with Crippen molar-refractivity contribution in [3.05, 3.63) is 27.3 Å². The Balaban J connectivity index is 1.76. The van der Waals surface area contributed by atoms with Crippen LogP contribution in [0.15, 0.2) is 22.4 Å². The fourth-order valence-electron chi connectivity index (χ4n) is 2.14. The highest BCUT2D eigenvalue weighted by atomic mass is 32.2. The molecular formula is C16H19NO3S3. The lowest BCUT2D eigenvalue weighted by atomic mass is 10.2. The lowest BCUT2D eigenvalue weighted by Crippen LogP contribution is -2.29. The Bertz CT molecular complexity index is 596. The number of hydrogen-bond donors (Lipinski definition) is 0. The number of carbonyl (C=O) groups excluding carboxylic acids is 2. The number of nitrogens with zero attached hydrogens (tertiary/aromatic N) is 1. The number of unbranched alkanes of at least 4 members (excludes halogenated alkanes) is 2. The van der Waals surface area contributed by atoms with Gasteiger partial charge >= 0.3 is 5.97 Å². The quantitative estimate of drug-likeness (QED) is 0.299. The van der Waals surface area contributed by atoms with Crippen molar-refractivity contribution in [1.29, 1.82) is 0 Å². The molecule has 0 aliphatic carbocycles. The normalized spacial score (nSPS) is 16.4. The number of thiophene rings is 1. The van der Waals surface area contributed by atoms with Crippen LogP contribution >= 0.6 is 35.3 Å². The molecule has 0 unspecified atom stereocenters. The van der Waals surface area contributed by atoms with Gasteiger partial charge in [-0.25, -0.2) is 0 Å². The van der Waals surface area contributed by atoms with E-state index in [1.165, 1.54) is 11.8 Å². The summed E-state index contributed by atoms with van der Waals surface area (Å²) in [7, 11) is 0. The second-order valence-corrected chi connectivity index (χ2v) is 7.62. The van der Waals surface area contributed by atoms with E-state index in [-0.39, 0.29) is 11.9 Å². The molecule has 1 aromatic rings. The number of carbonyl (C=O) groups is 2. The first kappa shape index (κ1) is 18.2. The molecule has 2 heterocycles. The minimum atomic E-state index is -0.156. The van der Waals surface area contributed by atoms with Crippen molar-refractivity contribution in [2.45, 2.75) is 32.6 Å². The van der Waals surface area contributed by atoms with Gasteiger partial charge in [0.2, 0.25) is 0 Å². The molecule has 0 aromatic carbocycles. The molecular weight excluding hydrogens is 350 g/mol. The van der Waals surface area contributed by atoms with Crippen LogP contribution in [0.25, 0.3) is 6.08 Å². The van der Waals surface area contributed by atoms with Crippen LogP contribution in [0.3, 0.4) is 0 Å².